The number of urea groups is 1. The van der Waals surface area contributed by atoms with E-state index in [-0.39, 0.29) is 11.7 Å². The average molecular weight is 406 g/mol. The Labute approximate surface area is 169 Å². The highest BCUT2D eigenvalue weighted by molar-refractivity contribution is 7.09. The van der Waals surface area contributed by atoms with Crippen molar-refractivity contribution in [3.8, 4) is 0 Å². The van der Waals surface area contributed by atoms with Gasteiger partial charge in [0.05, 0.1) is 13.2 Å². The molecular weight excluding hydrogens is 378 g/mol. The number of carbonyl (C=O) groups is 2. The molecule has 0 atom stereocenters. The largest absolute Gasteiger partial charge is 0.461 e. The number of aromatic nitrogens is 1. The molecule has 0 spiro atoms. The minimum absolute atomic E-state index is 0.207. The topological polar surface area (TPSA) is 80.8 Å². The molecule has 0 aliphatic heterocycles. The van der Waals surface area contributed by atoms with Crippen LogP contribution in [0.2, 0.25) is 0 Å². The van der Waals surface area contributed by atoms with E-state index < -0.39 is 5.97 Å². The second-order valence-corrected chi connectivity index (χ2v) is 7.25. The summed E-state index contributed by atoms with van der Waals surface area (Å²) >= 11 is 1.34. The monoisotopic (exact) mass is 405 g/mol. The number of nitrogens with zero attached hydrogens (tertiary/aromatic N) is 2. The predicted molar refractivity (Wildman–Crippen MR) is 110 cm³/mol. The van der Waals surface area contributed by atoms with E-state index in [4.69, 9.17) is 9.47 Å². The third-order valence-corrected chi connectivity index (χ3v) is 4.97. The number of benzene rings is 1. The predicted octanol–water partition coefficient (Wildman–Crippen LogP) is 4.01. The number of aryl methyl sites for hydroxylation is 2. The summed E-state index contributed by atoms with van der Waals surface area (Å²) in [6.07, 6.45) is 0.701. The lowest BCUT2D eigenvalue weighted by molar-refractivity contribution is 0.0520. The first kappa shape index (κ1) is 21.8. The van der Waals surface area contributed by atoms with E-state index in [0.717, 1.165) is 16.8 Å². The third-order valence-electron chi connectivity index (χ3n) is 4.14. The molecule has 7 nitrogen and oxygen atoms in total. The van der Waals surface area contributed by atoms with Gasteiger partial charge in [0, 0.05) is 31.3 Å². The Morgan fingerprint density at radius 2 is 1.96 bits per heavy atom. The molecule has 152 valence electrons. The van der Waals surface area contributed by atoms with Gasteiger partial charge in [-0.3, -0.25) is 0 Å². The van der Waals surface area contributed by atoms with Crippen molar-refractivity contribution >= 4 is 29.0 Å². The zero-order chi connectivity index (χ0) is 20.5. The molecule has 1 aromatic carbocycles. The highest BCUT2D eigenvalue weighted by atomic mass is 32.1. The van der Waals surface area contributed by atoms with Crippen LogP contribution in [0.25, 0.3) is 0 Å². The van der Waals surface area contributed by atoms with Crippen molar-refractivity contribution in [3.05, 3.63) is 45.4 Å². The summed E-state index contributed by atoms with van der Waals surface area (Å²) in [5.41, 5.74) is 3.09. The van der Waals surface area contributed by atoms with Gasteiger partial charge in [0.25, 0.3) is 0 Å². The van der Waals surface area contributed by atoms with E-state index in [1.165, 1.54) is 11.3 Å². The molecular formula is C20H27N3O4S. The Kier molecular flexibility index (Phi) is 8.41. The van der Waals surface area contributed by atoms with E-state index in [1.807, 2.05) is 32.0 Å². The highest BCUT2D eigenvalue weighted by Crippen LogP contribution is 2.21. The Balaban J connectivity index is 2.12. The molecule has 0 fully saturated rings. The summed E-state index contributed by atoms with van der Waals surface area (Å²) in [6.45, 7) is 7.35. The fourth-order valence-electron chi connectivity index (χ4n) is 2.70. The van der Waals surface area contributed by atoms with Crippen molar-refractivity contribution in [1.82, 2.24) is 9.88 Å². The first-order valence-corrected chi connectivity index (χ1v) is 10.1. The molecule has 0 saturated heterocycles. The molecule has 0 saturated carbocycles. The molecule has 8 heteroatoms. The lowest BCUT2D eigenvalue weighted by Crippen LogP contribution is -2.36. The van der Waals surface area contributed by atoms with Crippen LogP contribution in [-0.4, -0.2) is 48.8 Å². The number of carbonyl (C=O) groups excluding carboxylic acids is 2. The van der Waals surface area contributed by atoms with Crippen molar-refractivity contribution in [3.63, 3.8) is 0 Å². The number of hydrogen-bond acceptors (Lipinski definition) is 6. The third kappa shape index (κ3) is 6.03. The smallest absolute Gasteiger partial charge is 0.357 e. The lowest BCUT2D eigenvalue weighted by atomic mass is 10.1. The molecule has 0 aliphatic carbocycles. The van der Waals surface area contributed by atoms with E-state index in [1.54, 1.807) is 24.3 Å². The van der Waals surface area contributed by atoms with Crippen molar-refractivity contribution < 1.29 is 19.1 Å². The van der Waals surface area contributed by atoms with Gasteiger partial charge in [-0.2, -0.15) is 0 Å². The lowest BCUT2D eigenvalue weighted by Gasteiger charge is -2.23. The number of ether oxygens (including phenoxy) is 2. The van der Waals surface area contributed by atoms with Crippen LogP contribution in [0.15, 0.2) is 23.6 Å². The number of para-hydroxylation sites is 1. The minimum Gasteiger partial charge on any atom is -0.461 e. The van der Waals surface area contributed by atoms with Crippen LogP contribution >= 0.6 is 11.3 Å². The first-order valence-electron chi connectivity index (χ1n) is 9.18. The number of methoxy groups -OCH3 is 1. The maximum Gasteiger partial charge on any atom is 0.357 e. The van der Waals surface area contributed by atoms with Gasteiger partial charge in [-0.05, 0) is 38.3 Å². The molecule has 2 aromatic rings. The molecule has 1 aromatic heterocycles. The van der Waals surface area contributed by atoms with E-state index in [0.29, 0.717) is 37.7 Å². The van der Waals surface area contributed by atoms with Crippen LogP contribution in [0, 0.1) is 13.8 Å². The zero-order valence-corrected chi connectivity index (χ0v) is 17.6. The molecule has 0 aliphatic rings. The van der Waals surface area contributed by atoms with Gasteiger partial charge in [-0.25, -0.2) is 14.6 Å². The molecule has 1 heterocycles. The maximum absolute atomic E-state index is 12.9. The Hall–Kier alpha value is -2.45. The number of thiazole rings is 1. The maximum atomic E-state index is 12.9. The molecule has 1 N–H and O–H groups in total. The van der Waals surface area contributed by atoms with Crippen molar-refractivity contribution in [2.75, 3.05) is 32.2 Å². The SMILES string of the molecule is CCOC(=O)c1csc(CN(CCCOC)C(=O)Nc2c(C)cccc2C)n1. The molecule has 2 rings (SSSR count). The second kappa shape index (κ2) is 10.8. The molecule has 28 heavy (non-hydrogen) atoms. The quantitative estimate of drug-likeness (QED) is 0.504. The summed E-state index contributed by atoms with van der Waals surface area (Å²) in [7, 11) is 1.63. The van der Waals surface area contributed by atoms with Crippen LogP contribution in [0.3, 0.4) is 0 Å². The normalized spacial score (nSPS) is 10.6. The van der Waals surface area contributed by atoms with Crippen LogP contribution in [0.1, 0.15) is 40.0 Å². The summed E-state index contributed by atoms with van der Waals surface area (Å²) in [4.78, 5) is 30.7. The minimum atomic E-state index is -0.448. The number of esters is 1. The number of hydrogen-bond donors (Lipinski definition) is 1. The fraction of sp³-hybridized carbons (Fsp3) is 0.450. The van der Waals surface area contributed by atoms with Gasteiger partial charge in [0.2, 0.25) is 0 Å². The van der Waals surface area contributed by atoms with E-state index >= 15 is 0 Å². The standard InChI is InChI=1S/C20H27N3O4S/c1-5-27-19(24)16-13-28-17(21-16)12-23(10-7-11-26-4)20(25)22-18-14(2)8-6-9-15(18)3/h6,8-9,13H,5,7,10-12H2,1-4H3,(H,22,25). The van der Waals surface area contributed by atoms with Gasteiger partial charge in [-0.1, -0.05) is 18.2 Å². The fourth-order valence-corrected chi connectivity index (χ4v) is 3.47. The van der Waals surface area contributed by atoms with Crippen molar-refractivity contribution in [1.29, 1.82) is 0 Å². The molecule has 0 radical (unpaired) electrons. The number of anilines is 1. The molecule has 0 unspecified atom stereocenters. The van der Waals surface area contributed by atoms with Gasteiger partial charge in [0.1, 0.15) is 5.01 Å². The Bertz CT molecular complexity index is 786. The van der Waals surface area contributed by atoms with Gasteiger partial charge in [-0.15, -0.1) is 11.3 Å². The van der Waals surface area contributed by atoms with Crippen molar-refractivity contribution in [2.45, 2.75) is 33.7 Å². The van der Waals surface area contributed by atoms with Gasteiger partial charge in [0.15, 0.2) is 5.69 Å². The molecule has 2 amide bonds. The zero-order valence-electron chi connectivity index (χ0n) is 16.8. The number of nitrogens with one attached hydrogen (secondary N) is 1. The van der Waals surface area contributed by atoms with Crippen LogP contribution in [0.4, 0.5) is 10.5 Å². The van der Waals surface area contributed by atoms with E-state index in [9.17, 15) is 9.59 Å². The van der Waals surface area contributed by atoms with Crippen LogP contribution in [-0.2, 0) is 16.0 Å². The van der Waals surface area contributed by atoms with Crippen LogP contribution < -0.4 is 5.32 Å². The first-order chi connectivity index (χ1) is 13.5. The second-order valence-electron chi connectivity index (χ2n) is 6.31. The van der Waals surface area contributed by atoms with Gasteiger partial charge < -0.3 is 19.7 Å². The summed E-state index contributed by atoms with van der Waals surface area (Å²) in [5, 5.41) is 5.34. The Morgan fingerprint density at radius 1 is 1.25 bits per heavy atom. The summed E-state index contributed by atoms with van der Waals surface area (Å²) < 4.78 is 10.1. The van der Waals surface area contributed by atoms with Gasteiger partial charge >= 0.3 is 12.0 Å². The molecule has 0 bridgehead atoms. The van der Waals surface area contributed by atoms with Crippen molar-refractivity contribution in [2.24, 2.45) is 0 Å². The summed E-state index contributed by atoms with van der Waals surface area (Å²) in [6, 6.07) is 5.68. The highest BCUT2D eigenvalue weighted by Gasteiger charge is 2.19. The average Bonchev–Trinajstić information content (AvgIpc) is 3.13. The number of rotatable bonds is 9. The van der Waals surface area contributed by atoms with E-state index in [2.05, 4.69) is 10.3 Å². The Morgan fingerprint density at radius 3 is 2.61 bits per heavy atom. The summed E-state index contributed by atoms with van der Waals surface area (Å²) in [5.74, 6) is -0.448. The number of amides is 2. The van der Waals surface area contributed by atoms with Crippen LogP contribution in [0.5, 0.6) is 0 Å².